The molecule has 0 spiro atoms. The summed E-state index contributed by atoms with van der Waals surface area (Å²) in [7, 11) is 1.84. The molecule has 0 atom stereocenters. The lowest BCUT2D eigenvalue weighted by molar-refractivity contribution is -0.121. The van der Waals surface area contributed by atoms with Crippen molar-refractivity contribution in [2.45, 2.75) is 19.4 Å². The normalized spacial score (nSPS) is 15.9. The lowest BCUT2D eigenvalue weighted by atomic mass is 10.1. The van der Waals surface area contributed by atoms with Crippen LogP contribution in [0.5, 0.6) is 0 Å². The third-order valence-corrected chi connectivity index (χ3v) is 2.65. The topological polar surface area (TPSA) is 49.4 Å². The molecule has 0 saturated carbocycles. The molecule has 1 aliphatic heterocycles. The summed E-state index contributed by atoms with van der Waals surface area (Å²) >= 11 is 0. The Kier molecular flexibility index (Phi) is 3.01. The molecule has 0 radical (unpaired) electrons. The predicted octanol–water partition coefficient (Wildman–Crippen LogP) is 1.06. The summed E-state index contributed by atoms with van der Waals surface area (Å²) in [4.78, 5) is 24.6. The molecule has 0 bridgehead atoms. The number of nitrogens with zero attached hydrogens (tertiary/aromatic N) is 1. The number of nitrogens with one attached hydrogen (secondary N) is 1. The fourth-order valence-electron chi connectivity index (χ4n) is 1.91. The minimum atomic E-state index is -0.103. The van der Waals surface area contributed by atoms with Gasteiger partial charge in [0, 0.05) is 19.4 Å². The standard InChI is InChI=1S/C12H14N2O2/c1-13-8-9-4-2-3-5-10(9)14-11(15)6-7-12(14)16/h2-5,13H,6-8H2,1H3. The molecular weight excluding hydrogens is 204 g/mol. The highest BCUT2D eigenvalue weighted by atomic mass is 16.2. The van der Waals surface area contributed by atoms with Crippen LogP contribution in [-0.2, 0) is 16.1 Å². The van der Waals surface area contributed by atoms with Gasteiger partial charge in [-0.25, -0.2) is 0 Å². The molecule has 84 valence electrons. The maximum Gasteiger partial charge on any atom is 0.234 e. The van der Waals surface area contributed by atoms with Gasteiger partial charge < -0.3 is 5.32 Å². The number of benzene rings is 1. The molecule has 16 heavy (non-hydrogen) atoms. The van der Waals surface area contributed by atoms with Crippen molar-refractivity contribution in [3.8, 4) is 0 Å². The first-order valence-electron chi connectivity index (χ1n) is 5.32. The fraction of sp³-hybridized carbons (Fsp3) is 0.333. The van der Waals surface area contributed by atoms with Crippen LogP contribution in [0.2, 0.25) is 0 Å². The fourth-order valence-corrected chi connectivity index (χ4v) is 1.91. The van der Waals surface area contributed by atoms with Crippen LogP contribution in [-0.4, -0.2) is 18.9 Å². The molecule has 0 aromatic heterocycles. The van der Waals surface area contributed by atoms with Gasteiger partial charge in [0.2, 0.25) is 11.8 Å². The van der Waals surface area contributed by atoms with Gasteiger partial charge in [-0.2, -0.15) is 0 Å². The predicted molar refractivity (Wildman–Crippen MR) is 60.9 cm³/mol. The van der Waals surface area contributed by atoms with Crippen LogP contribution >= 0.6 is 0 Å². The van der Waals surface area contributed by atoms with Gasteiger partial charge in [0.05, 0.1) is 5.69 Å². The molecule has 1 aliphatic rings. The first kappa shape index (κ1) is 10.8. The van der Waals surface area contributed by atoms with Crippen LogP contribution < -0.4 is 10.2 Å². The number of para-hydroxylation sites is 1. The molecule has 2 amide bonds. The van der Waals surface area contributed by atoms with Crippen LogP contribution in [0.3, 0.4) is 0 Å². The van der Waals surface area contributed by atoms with Gasteiger partial charge in [-0.15, -0.1) is 0 Å². The minimum absolute atomic E-state index is 0.103. The van der Waals surface area contributed by atoms with Crippen molar-refractivity contribution in [2.24, 2.45) is 0 Å². The van der Waals surface area contributed by atoms with Gasteiger partial charge in [-0.3, -0.25) is 14.5 Å². The quantitative estimate of drug-likeness (QED) is 0.772. The van der Waals surface area contributed by atoms with Crippen LogP contribution in [0, 0.1) is 0 Å². The van der Waals surface area contributed by atoms with Crippen LogP contribution in [0.4, 0.5) is 5.69 Å². The van der Waals surface area contributed by atoms with E-state index in [-0.39, 0.29) is 11.8 Å². The molecule has 0 aliphatic carbocycles. The van der Waals surface area contributed by atoms with Crippen LogP contribution in [0.25, 0.3) is 0 Å². The van der Waals surface area contributed by atoms with Crippen molar-refractivity contribution < 1.29 is 9.59 Å². The Morgan fingerprint density at radius 2 is 1.81 bits per heavy atom. The zero-order valence-corrected chi connectivity index (χ0v) is 9.19. The van der Waals surface area contributed by atoms with Gasteiger partial charge in [0.15, 0.2) is 0 Å². The second-order valence-corrected chi connectivity index (χ2v) is 3.78. The average molecular weight is 218 g/mol. The summed E-state index contributed by atoms with van der Waals surface area (Å²) in [5.41, 5.74) is 1.68. The van der Waals surface area contributed by atoms with Crippen molar-refractivity contribution in [3.05, 3.63) is 29.8 Å². The maximum atomic E-state index is 11.6. The number of anilines is 1. The number of carbonyl (C=O) groups excluding carboxylic acids is 2. The molecule has 1 fully saturated rings. The van der Waals surface area contributed by atoms with E-state index in [1.165, 1.54) is 4.90 Å². The second-order valence-electron chi connectivity index (χ2n) is 3.78. The van der Waals surface area contributed by atoms with E-state index in [1.807, 2.05) is 31.3 Å². The number of hydrogen-bond donors (Lipinski definition) is 1. The Morgan fingerprint density at radius 3 is 2.44 bits per heavy atom. The minimum Gasteiger partial charge on any atom is -0.316 e. The summed E-state index contributed by atoms with van der Waals surface area (Å²) in [6.45, 7) is 0.646. The Morgan fingerprint density at radius 1 is 1.19 bits per heavy atom. The number of rotatable bonds is 3. The maximum absolute atomic E-state index is 11.6. The second kappa shape index (κ2) is 4.45. The third kappa shape index (κ3) is 1.84. The van der Waals surface area contributed by atoms with Gasteiger partial charge in [-0.05, 0) is 18.7 Å². The summed E-state index contributed by atoms with van der Waals surface area (Å²) in [6, 6.07) is 7.48. The van der Waals surface area contributed by atoms with Crippen LogP contribution in [0.1, 0.15) is 18.4 Å². The Labute approximate surface area is 94.2 Å². The molecule has 4 heteroatoms. The highest BCUT2D eigenvalue weighted by Gasteiger charge is 2.31. The molecule has 2 rings (SSSR count). The average Bonchev–Trinajstić information content (AvgIpc) is 2.60. The largest absolute Gasteiger partial charge is 0.316 e. The van der Waals surface area contributed by atoms with Gasteiger partial charge in [0.1, 0.15) is 0 Å². The molecule has 1 N–H and O–H groups in total. The van der Waals surface area contributed by atoms with Crippen molar-refractivity contribution in [3.63, 3.8) is 0 Å². The lowest BCUT2D eigenvalue weighted by Gasteiger charge is -2.17. The summed E-state index contributed by atoms with van der Waals surface area (Å²) in [5.74, 6) is -0.206. The SMILES string of the molecule is CNCc1ccccc1N1C(=O)CCC1=O. The van der Waals surface area contributed by atoms with Crippen molar-refractivity contribution in [1.29, 1.82) is 0 Å². The lowest BCUT2D eigenvalue weighted by Crippen LogP contribution is -2.30. The van der Waals surface area contributed by atoms with E-state index in [0.29, 0.717) is 25.1 Å². The Balaban J connectivity index is 2.38. The van der Waals surface area contributed by atoms with E-state index in [1.54, 1.807) is 0 Å². The molecule has 1 heterocycles. The number of imide groups is 1. The van der Waals surface area contributed by atoms with E-state index in [9.17, 15) is 9.59 Å². The molecule has 1 saturated heterocycles. The molecule has 1 aromatic carbocycles. The summed E-state index contributed by atoms with van der Waals surface area (Å²) in [5, 5.41) is 3.03. The zero-order valence-electron chi connectivity index (χ0n) is 9.19. The summed E-state index contributed by atoms with van der Waals surface area (Å²) in [6.07, 6.45) is 0.652. The third-order valence-electron chi connectivity index (χ3n) is 2.65. The smallest absolute Gasteiger partial charge is 0.234 e. The Bertz CT molecular complexity index is 413. The van der Waals surface area contributed by atoms with E-state index < -0.39 is 0 Å². The van der Waals surface area contributed by atoms with Crippen molar-refractivity contribution >= 4 is 17.5 Å². The zero-order chi connectivity index (χ0) is 11.5. The number of carbonyl (C=O) groups is 2. The molecule has 4 nitrogen and oxygen atoms in total. The van der Waals surface area contributed by atoms with Gasteiger partial charge >= 0.3 is 0 Å². The first-order chi connectivity index (χ1) is 7.74. The molecule has 1 aromatic rings. The van der Waals surface area contributed by atoms with E-state index in [0.717, 1.165) is 5.56 Å². The Hall–Kier alpha value is -1.68. The van der Waals surface area contributed by atoms with Gasteiger partial charge in [0.25, 0.3) is 0 Å². The van der Waals surface area contributed by atoms with E-state index >= 15 is 0 Å². The highest BCUT2D eigenvalue weighted by molar-refractivity contribution is 6.20. The molecular formula is C12H14N2O2. The molecule has 0 unspecified atom stereocenters. The first-order valence-corrected chi connectivity index (χ1v) is 5.32. The van der Waals surface area contributed by atoms with Crippen molar-refractivity contribution in [1.82, 2.24) is 5.32 Å². The van der Waals surface area contributed by atoms with E-state index in [2.05, 4.69) is 5.32 Å². The van der Waals surface area contributed by atoms with E-state index in [4.69, 9.17) is 0 Å². The highest BCUT2D eigenvalue weighted by Crippen LogP contribution is 2.26. The number of hydrogen-bond acceptors (Lipinski definition) is 3. The monoisotopic (exact) mass is 218 g/mol. The van der Waals surface area contributed by atoms with Crippen molar-refractivity contribution in [2.75, 3.05) is 11.9 Å². The van der Waals surface area contributed by atoms with Crippen LogP contribution in [0.15, 0.2) is 24.3 Å². The number of amides is 2. The van der Waals surface area contributed by atoms with Gasteiger partial charge in [-0.1, -0.05) is 18.2 Å². The summed E-state index contributed by atoms with van der Waals surface area (Å²) < 4.78 is 0.